The van der Waals surface area contributed by atoms with Crippen LogP contribution in [0.25, 0.3) is 0 Å². The predicted molar refractivity (Wildman–Crippen MR) is 104 cm³/mol. The van der Waals surface area contributed by atoms with Crippen molar-refractivity contribution in [3.8, 4) is 0 Å². The summed E-state index contributed by atoms with van der Waals surface area (Å²) in [4.78, 5) is 0. The minimum absolute atomic E-state index is 0.0610. The second-order valence-electron chi connectivity index (χ2n) is 7.59. The highest BCUT2D eigenvalue weighted by Crippen LogP contribution is 2.58. The molecule has 0 aromatic heterocycles. The summed E-state index contributed by atoms with van der Waals surface area (Å²) < 4.78 is 29.9. The lowest BCUT2D eigenvalue weighted by atomic mass is 9.53. The molecule has 0 amide bonds. The summed E-state index contributed by atoms with van der Waals surface area (Å²) in [6.45, 7) is 9.48. The molecule has 25 heavy (non-hydrogen) atoms. The molecular formula is C18H32O5S2. The van der Waals surface area contributed by atoms with Gasteiger partial charge in [0.1, 0.15) is 12.9 Å². The van der Waals surface area contributed by atoms with Gasteiger partial charge in [0.15, 0.2) is 5.79 Å². The Hall–Kier alpha value is 0.0800. The van der Waals surface area contributed by atoms with E-state index in [9.17, 15) is 0 Å². The van der Waals surface area contributed by atoms with Gasteiger partial charge >= 0.3 is 0 Å². The Bertz CT molecular complexity index is 476. The van der Waals surface area contributed by atoms with Crippen LogP contribution in [0.3, 0.4) is 0 Å². The Labute approximate surface area is 161 Å². The number of methoxy groups -OCH3 is 2. The molecule has 1 heterocycles. The van der Waals surface area contributed by atoms with Crippen molar-refractivity contribution in [2.75, 3.05) is 33.9 Å². The van der Waals surface area contributed by atoms with E-state index in [1.807, 2.05) is 13.2 Å². The molecule has 1 aliphatic heterocycles. The van der Waals surface area contributed by atoms with Crippen LogP contribution >= 0.6 is 24.0 Å². The van der Waals surface area contributed by atoms with Gasteiger partial charge in [0, 0.05) is 25.6 Å². The van der Waals surface area contributed by atoms with Crippen molar-refractivity contribution in [2.45, 2.75) is 52.1 Å². The molecule has 1 aliphatic carbocycles. The van der Waals surface area contributed by atoms with Crippen LogP contribution in [0, 0.1) is 23.2 Å². The van der Waals surface area contributed by atoms with Gasteiger partial charge in [-0.1, -0.05) is 32.5 Å². The standard InChI is InChI=1S/C18H32O5S2/c1-11-8-17(3)14(12(2)15(11)23-16(24)25-7)13(21-10-19-5)9-22-18(17,4)20-6/h11-15H,8-10H2,1-7H3/t11-,12+,13+,14-,15+,17+,18-/m0/s1. The average Bonchev–Trinajstić information content (AvgIpc) is 2.58. The van der Waals surface area contributed by atoms with E-state index in [4.69, 9.17) is 35.9 Å². The topological polar surface area (TPSA) is 46.2 Å². The first kappa shape index (κ1) is 21.4. The van der Waals surface area contributed by atoms with E-state index in [-0.39, 0.29) is 36.3 Å². The molecule has 0 unspecified atom stereocenters. The van der Waals surface area contributed by atoms with Crippen LogP contribution in [0.2, 0.25) is 0 Å². The summed E-state index contributed by atoms with van der Waals surface area (Å²) >= 11 is 6.80. The van der Waals surface area contributed by atoms with Gasteiger partial charge in [-0.15, -0.1) is 0 Å². The van der Waals surface area contributed by atoms with Gasteiger partial charge in [0.2, 0.25) is 4.38 Å². The molecule has 2 rings (SSSR count). The van der Waals surface area contributed by atoms with Crippen LogP contribution < -0.4 is 0 Å². The van der Waals surface area contributed by atoms with Gasteiger partial charge in [-0.2, -0.15) is 0 Å². The van der Waals surface area contributed by atoms with Crippen molar-refractivity contribution < 1.29 is 23.7 Å². The Morgan fingerprint density at radius 1 is 1.28 bits per heavy atom. The molecule has 146 valence electrons. The zero-order valence-electron chi connectivity index (χ0n) is 16.4. The van der Waals surface area contributed by atoms with Crippen molar-refractivity contribution in [1.82, 2.24) is 0 Å². The highest BCUT2D eigenvalue weighted by molar-refractivity contribution is 8.22. The van der Waals surface area contributed by atoms with Crippen molar-refractivity contribution in [1.29, 1.82) is 0 Å². The Balaban J connectivity index is 2.36. The molecule has 0 aromatic carbocycles. The smallest absolute Gasteiger partial charge is 0.219 e. The monoisotopic (exact) mass is 392 g/mol. The lowest BCUT2D eigenvalue weighted by Gasteiger charge is -2.61. The number of thiocarbonyl (C=S) groups is 1. The fraction of sp³-hybridized carbons (Fsp3) is 0.944. The second-order valence-corrected chi connectivity index (χ2v) is 9.00. The van der Waals surface area contributed by atoms with E-state index in [1.54, 1.807) is 14.2 Å². The van der Waals surface area contributed by atoms with Gasteiger partial charge in [-0.3, -0.25) is 0 Å². The highest BCUT2D eigenvalue weighted by Gasteiger charge is 2.63. The summed E-state index contributed by atoms with van der Waals surface area (Å²) in [5.74, 6) is 0.143. The van der Waals surface area contributed by atoms with Gasteiger partial charge < -0.3 is 23.7 Å². The molecular weight excluding hydrogens is 360 g/mol. The van der Waals surface area contributed by atoms with Crippen molar-refractivity contribution in [2.24, 2.45) is 23.2 Å². The molecule has 2 aliphatic rings. The summed E-state index contributed by atoms with van der Waals surface area (Å²) in [5.41, 5.74) is -0.196. The Morgan fingerprint density at radius 3 is 2.52 bits per heavy atom. The minimum Gasteiger partial charge on any atom is -0.475 e. The van der Waals surface area contributed by atoms with Crippen LogP contribution in [0.1, 0.15) is 34.1 Å². The first-order chi connectivity index (χ1) is 11.7. The lowest BCUT2D eigenvalue weighted by molar-refractivity contribution is -0.360. The highest BCUT2D eigenvalue weighted by atomic mass is 32.2. The molecule has 5 nitrogen and oxygen atoms in total. The molecule has 1 saturated carbocycles. The first-order valence-electron chi connectivity index (χ1n) is 8.78. The fourth-order valence-corrected chi connectivity index (χ4v) is 5.27. The van der Waals surface area contributed by atoms with Crippen LogP contribution in [-0.2, 0) is 23.7 Å². The summed E-state index contributed by atoms with van der Waals surface area (Å²) in [7, 11) is 3.36. The molecule has 0 radical (unpaired) electrons. The second kappa shape index (κ2) is 8.40. The van der Waals surface area contributed by atoms with E-state index in [0.717, 1.165) is 6.42 Å². The largest absolute Gasteiger partial charge is 0.475 e. The van der Waals surface area contributed by atoms with E-state index in [2.05, 4.69) is 20.8 Å². The maximum absolute atomic E-state index is 6.16. The number of hydrogen-bond donors (Lipinski definition) is 0. The van der Waals surface area contributed by atoms with E-state index >= 15 is 0 Å². The summed E-state index contributed by atoms with van der Waals surface area (Å²) in [6, 6.07) is 0. The maximum atomic E-state index is 6.16. The summed E-state index contributed by atoms with van der Waals surface area (Å²) in [6.07, 6.45) is 2.86. The third kappa shape index (κ3) is 3.87. The van der Waals surface area contributed by atoms with Gasteiger partial charge in [-0.25, -0.2) is 0 Å². The van der Waals surface area contributed by atoms with Crippen LogP contribution in [0.4, 0.5) is 0 Å². The van der Waals surface area contributed by atoms with Gasteiger partial charge in [0.05, 0.1) is 12.7 Å². The minimum atomic E-state index is -0.655. The van der Waals surface area contributed by atoms with Crippen molar-refractivity contribution in [3.05, 3.63) is 0 Å². The third-order valence-electron chi connectivity index (χ3n) is 6.28. The Kier molecular flexibility index (Phi) is 7.18. The normalized spacial score (nSPS) is 44.2. The molecule has 0 N–H and O–H groups in total. The zero-order chi connectivity index (χ0) is 18.8. The van der Waals surface area contributed by atoms with E-state index in [0.29, 0.717) is 16.9 Å². The summed E-state index contributed by atoms with van der Waals surface area (Å²) in [5, 5.41) is 0. The quantitative estimate of drug-likeness (QED) is 0.522. The molecule has 1 saturated heterocycles. The molecule has 0 bridgehead atoms. The Morgan fingerprint density at radius 2 is 1.96 bits per heavy atom. The van der Waals surface area contributed by atoms with Crippen molar-refractivity contribution in [3.63, 3.8) is 0 Å². The van der Waals surface area contributed by atoms with Crippen LogP contribution in [-0.4, -0.2) is 56.3 Å². The number of thioether (sulfide) groups is 1. The van der Waals surface area contributed by atoms with Gasteiger partial charge in [0.25, 0.3) is 0 Å². The molecule has 0 spiro atoms. The molecule has 0 aromatic rings. The predicted octanol–water partition coefficient (Wildman–Crippen LogP) is 3.70. The number of hydrogen-bond acceptors (Lipinski definition) is 7. The van der Waals surface area contributed by atoms with Crippen molar-refractivity contribution >= 4 is 28.4 Å². The average molecular weight is 393 g/mol. The first-order valence-corrected chi connectivity index (χ1v) is 10.4. The lowest BCUT2D eigenvalue weighted by Crippen LogP contribution is -2.67. The SMILES string of the molecule is COCO[C@@H]1CO[C@](C)(OC)[C@]2(C)C[C@H](C)[C@@H](OC(=S)SC)[C@H](C)[C@@H]12. The molecule has 7 heteroatoms. The zero-order valence-corrected chi connectivity index (χ0v) is 18.0. The van der Waals surface area contributed by atoms with E-state index < -0.39 is 5.79 Å². The molecule has 7 atom stereocenters. The van der Waals surface area contributed by atoms with Gasteiger partial charge in [-0.05, 0) is 43.7 Å². The number of ether oxygens (including phenoxy) is 5. The van der Waals surface area contributed by atoms with Crippen LogP contribution in [0.15, 0.2) is 0 Å². The molecule has 2 fully saturated rings. The maximum Gasteiger partial charge on any atom is 0.219 e. The third-order valence-corrected chi connectivity index (χ3v) is 7.30. The number of rotatable bonds is 5. The van der Waals surface area contributed by atoms with Crippen LogP contribution in [0.5, 0.6) is 0 Å². The van der Waals surface area contributed by atoms with E-state index in [1.165, 1.54) is 11.8 Å². The number of fused-ring (bicyclic) bond motifs is 1. The fourth-order valence-electron chi connectivity index (χ4n) is 4.95.